The highest BCUT2D eigenvalue weighted by atomic mass is 35.5. The smallest absolute Gasteiger partial charge is 0.254 e. The van der Waals surface area contributed by atoms with Crippen LogP contribution in [0.15, 0.2) is 42.5 Å². The number of hydrogen-bond acceptors (Lipinski definition) is 3. The Bertz CT molecular complexity index is 918. The number of carbonyl (C=O) groups excluding carboxylic acids is 2. The number of Topliss-reactive ketones (excluding diaryl/α,β-unsaturated/α-hetero) is 1. The summed E-state index contributed by atoms with van der Waals surface area (Å²) in [4.78, 5) is 29.0. The first-order valence-electron chi connectivity index (χ1n) is 10.5. The third kappa shape index (κ3) is 8.11. The van der Waals surface area contributed by atoms with E-state index in [4.69, 9.17) is 28.5 Å². The van der Waals surface area contributed by atoms with Gasteiger partial charge in [0.25, 0.3) is 5.91 Å². The lowest BCUT2D eigenvalue weighted by Gasteiger charge is -2.24. The number of ketones is 1. The van der Waals surface area contributed by atoms with Crippen LogP contribution in [0.25, 0.3) is 0 Å². The second-order valence-corrected chi connectivity index (χ2v) is 8.21. The predicted octanol–water partition coefficient (Wildman–Crippen LogP) is 0.438. The SMILES string of the molecule is CC[NH+](CC)CCCN(CC(=O)Cc1c(Cl)cccc1Cl)C(=O)c1ccc(C#N)cc1.[Cl-]. The molecule has 0 unspecified atom stereocenters. The molecule has 172 valence electrons. The van der Waals surface area contributed by atoms with Crippen molar-refractivity contribution in [2.45, 2.75) is 26.7 Å². The summed E-state index contributed by atoms with van der Waals surface area (Å²) in [6.45, 7) is 7.69. The number of amides is 1. The molecule has 0 saturated carbocycles. The summed E-state index contributed by atoms with van der Waals surface area (Å²) < 4.78 is 0. The van der Waals surface area contributed by atoms with Crippen LogP contribution in [0.1, 0.15) is 41.8 Å². The van der Waals surface area contributed by atoms with Gasteiger partial charge in [-0.05, 0) is 55.8 Å². The molecule has 8 heteroatoms. The van der Waals surface area contributed by atoms with Crippen LogP contribution >= 0.6 is 23.2 Å². The molecule has 0 atom stereocenters. The summed E-state index contributed by atoms with van der Waals surface area (Å²) in [6, 6.07) is 13.6. The highest BCUT2D eigenvalue weighted by molar-refractivity contribution is 6.36. The van der Waals surface area contributed by atoms with E-state index in [9.17, 15) is 9.59 Å². The maximum Gasteiger partial charge on any atom is 0.254 e. The van der Waals surface area contributed by atoms with Gasteiger partial charge in [0.15, 0.2) is 5.78 Å². The van der Waals surface area contributed by atoms with Crippen molar-refractivity contribution >= 4 is 34.9 Å². The molecule has 0 aromatic heterocycles. The first kappa shape index (κ1) is 27.9. The fourth-order valence-electron chi connectivity index (χ4n) is 3.41. The molecule has 0 aliphatic carbocycles. The Morgan fingerprint density at radius 3 is 2.16 bits per heavy atom. The molecule has 0 aliphatic rings. The molecular formula is C24H28Cl3N3O2. The van der Waals surface area contributed by atoms with Gasteiger partial charge >= 0.3 is 0 Å². The number of nitrogens with zero attached hydrogens (tertiary/aromatic N) is 2. The van der Waals surface area contributed by atoms with Crippen molar-refractivity contribution in [3.05, 3.63) is 69.2 Å². The predicted molar refractivity (Wildman–Crippen MR) is 124 cm³/mol. The van der Waals surface area contributed by atoms with Gasteiger partial charge in [0, 0.05) is 35.0 Å². The van der Waals surface area contributed by atoms with Crippen LogP contribution in [0.2, 0.25) is 10.0 Å². The molecule has 0 radical (unpaired) electrons. The fraction of sp³-hybridized carbons (Fsp3) is 0.375. The summed E-state index contributed by atoms with van der Waals surface area (Å²) in [5, 5.41) is 9.86. The van der Waals surface area contributed by atoms with E-state index in [0.717, 1.165) is 26.1 Å². The molecule has 0 fully saturated rings. The Morgan fingerprint density at radius 2 is 1.62 bits per heavy atom. The number of halogens is 3. The molecule has 0 aliphatic heterocycles. The monoisotopic (exact) mass is 495 g/mol. The topological polar surface area (TPSA) is 65.6 Å². The highest BCUT2D eigenvalue weighted by Gasteiger charge is 2.21. The van der Waals surface area contributed by atoms with Crippen LogP contribution in [-0.2, 0) is 11.2 Å². The zero-order valence-corrected chi connectivity index (χ0v) is 20.6. The standard InChI is InChI=1S/C24H27Cl2N3O2.ClH/c1-3-28(4-2)13-6-14-29(24(31)19-11-9-18(16-27)10-12-19)17-20(30)15-21-22(25)7-5-8-23(21)26;/h5,7-12H,3-4,6,13-15,17H2,1-2H3;1H. The third-order valence-electron chi connectivity index (χ3n) is 5.31. The first-order valence-corrected chi connectivity index (χ1v) is 11.2. The third-order valence-corrected chi connectivity index (χ3v) is 6.02. The van der Waals surface area contributed by atoms with Crippen molar-refractivity contribution in [1.82, 2.24) is 4.90 Å². The van der Waals surface area contributed by atoms with Gasteiger partial charge in [-0.3, -0.25) is 9.59 Å². The van der Waals surface area contributed by atoms with E-state index in [-0.39, 0.29) is 37.1 Å². The maximum absolute atomic E-state index is 13.1. The Balaban J connectivity index is 0.00000512. The molecule has 5 nitrogen and oxygen atoms in total. The van der Waals surface area contributed by atoms with E-state index in [2.05, 4.69) is 13.8 Å². The highest BCUT2D eigenvalue weighted by Crippen LogP contribution is 2.25. The Labute approximate surface area is 206 Å². The Morgan fingerprint density at radius 1 is 1.03 bits per heavy atom. The summed E-state index contributed by atoms with van der Waals surface area (Å²) in [5.74, 6) is -0.357. The van der Waals surface area contributed by atoms with Crippen molar-refractivity contribution in [1.29, 1.82) is 5.26 Å². The molecule has 0 spiro atoms. The Kier molecular flexibility index (Phi) is 12.3. The van der Waals surface area contributed by atoms with Gasteiger partial charge < -0.3 is 22.2 Å². The van der Waals surface area contributed by atoms with Gasteiger partial charge in [0.1, 0.15) is 0 Å². The lowest BCUT2D eigenvalue weighted by molar-refractivity contribution is -0.896. The van der Waals surface area contributed by atoms with Crippen LogP contribution in [0.4, 0.5) is 0 Å². The van der Waals surface area contributed by atoms with Crippen LogP contribution in [0.3, 0.4) is 0 Å². The lowest BCUT2D eigenvalue weighted by Crippen LogP contribution is -3.11. The van der Waals surface area contributed by atoms with Crippen molar-refractivity contribution in [2.75, 3.05) is 32.7 Å². The van der Waals surface area contributed by atoms with Gasteiger partial charge in [0.05, 0.1) is 37.8 Å². The quantitative estimate of drug-likeness (QED) is 0.491. The minimum absolute atomic E-state index is 0. The van der Waals surface area contributed by atoms with E-state index in [1.807, 2.05) is 6.07 Å². The second kappa shape index (κ2) is 14.1. The lowest BCUT2D eigenvalue weighted by atomic mass is 10.1. The zero-order chi connectivity index (χ0) is 22.8. The van der Waals surface area contributed by atoms with Crippen molar-refractivity contribution in [3.8, 4) is 6.07 Å². The Hall–Kier alpha value is -2.10. The number of hydrogen-bond donors (Lipinski definition) is 1. The van der Waals surface area contributed by atoms with Crippen molar-refractivity contribution in [2.24, 2.45) is 0 Å². The van der Waals surface area contributed by atoms with E-state index < -0.39 is 0 Å². The minimum Gasteiger partial charge on any atom is -1.00 e. The molecule has 0 bridgehead atoms. The molecule has 2 aromatic rings. The normalized spacial score (nSPS) is 10.4. The molecule has 0 heterocycles. The van der Waals surface area contributed by atoms with Gasteiger partial charge in [-0.1, -0.05) is 29.3 Å². The molecule has 1 N–H and O–H groups in total. The van der Waals surface area contributed by atoms with Gasteiger partial charge in [0.2, 0.25) is 0 Å². The number of quaternary nitrogens is 1. The molecular weight excluding hydrogens is 469 g/mol. The van der Waals surface area contributed by atoms with Crippen LogP contribution in [0.5, 0.6) is 0 Å². The van der Waals surface area contributed by atoms with Gasteiger partial charge in [-0.2, -0.15) is 5.26 Å². The van der Waals surface area contributed by atoms with E-state index >= 15 is 0 Å². The van der Waals surface area contributed by atoms with Gasteiger partial charge in [-0.15, -0.1) is 0 Å². The molecule has 0 saturated heterocycles. The molecule has 32 heavy (non-hydrogen) atoms. The average Bonchev–Trinajstić information content (AvgIpc) is 2.78. The largest absolute Gasteiger partial charge is 1.00 e. The number of nitrogens with one attached hydrogen (secondary N) is 1. The van der Waals surface area contributed by atoms with E-state index in [0.29, 0.717) is 33.3 Å². The maximum atomic E-state index is 13.1. The minimum atomic E-state index is -0.224. The summed E-state index contributed by atoms with van der Waals surface area (Å²) in [5.41, 5.74) is 1.52. The number of rotatable bonds is 11. The number of benzene rings is 2. The van der Waals surface area contributed by atoms with Crippen molar-refractivity contribution in [3.63, 3.8) is 0 Å². The van der Waals surface area contributed by atoms with Crippen LogP contribution in [-0.4, -0.2) is 49.3 Å². The van der Waals surface area contributed by atoms with E-state index in [1.54, 1.807) is 47.4 Å². The summed E-state index contributed by atoms with van der Waals surface area (Å²) >= 11 is 12.4. The van der Waals surface area contributed by atoms with Crippen LogP contribution in [0, 0.1) is 11.3 Å². The molecule has 2 rings (SSSR count). The summed E-state index contributed by atoms with van der Waals surface area (Å²) in [6.07, 6.45) is 0.857. The zero-order valence-electron chi connectivity index (χ0n) is 18.3. The second-order valence-electron chi connectivity index (χ2n) is 7.39. The van der Waals surface area contributed by atoms with Gasteiger partial charge in [-0.25, -0.2) is 0 Å². The molecule has 2 aromatic carbocycles. The fourth-order valence-corrected chi connectivity index (χ4v) is 3.94. The molecule has 1 amide bonds. The van der Waals surface area contributed by atoms with Crippen LogP contribution < -0.4 is 17.3 Å². The first-order chi connectivity index (χ1) is 14.9. The summed E-state index contributed by atoms with van der Waals surface area (Å²) in [7, 11) is 0. The van der Waals surface area contributed by atoms with Crippen molar-refractivity contribution < 1.29 is 26.9 Å². The van der Waals surface area contributed by atoms with E-state index in [1.165, 1.54) is 4.90 Å². The average molecular weight is 497 g/mol. The number of nitriles is 1. The number of carbonyl (C=O) groups is 2.